The maximum atomic E-state index is 10.3. The maximum absolute atomic E-state index is 10.3. The molecule has 1 aromatic rings. The first-order valence-electron chi connectivity index (χ1n) is 5.51. The van der Waals surface area contributed by atoms with Gasteiger partial charge in [0.1, 0.15) is 11.8 Å². The molecule has 0 saturated carbocycles. The summed E-state index contributed by atoms with van der Waals surface area (Å²) in [4.78, 5) is 8.31. The molecule has 1 fully saturated rings. The van der Waals surface area contributed by atoms with Gasteiger partial charge in [-0.05, 0) is 18.6 Å². The molecule has 1 N–H and O–H groups in total. The van der Waals surface area contributed by atoms with Crippen molar-refractivity contribution in [2.75, 3.05) is 20.0 Å². The first kappa shape index (κ1) is 12.4. The van der Waals surface area contributed by atoms with Crippen LogP contribution in [0.25, 0.3) is 0 Å². The minimum absolute atomic E-state index is 0.187. The molecular formula is C11H16N2O3S. The maximum Gasteiger partial charge on any atom is 0.241 e. The Labute approximate surface area is 105 Å². The summed E-state index contributed by atoms with van der Waals surface area (Å²) in [5, 5.41) is 10.4. The largest absolute Gasteiger partial charge is 0.480 e. The van der Waals surface area contributed by atoms with Gasteiger partial charge in [0.2, 0.25) is 11.8 Å². The molecule has 94 valence electrons. The van der Waals surface area contributed by atoms with Crippen molar-refractivity contribution in [2.45, 2.75) is 24.2 Å². The molecule has 0 amide bonds. The van der Waals surface area contributed by atoms with Crippen molar-refractivity contribution in [2.24, 2.45) is 0 Å². The van der Waals surface area contributed by atoms with Crippen LogP contribution in [0, 0.1) is 0 Å². The van der Waals surface area contributed by atoms with Gasteiger partial charge < -0.3 is 14.6 Å². The zero-order valence-electron chi connectivity index (χ0n) is 9.92. The normalized spacial score (nSPS) is 21.2. The number of nitrogens with zero attached hydrogens (tertiary/aromatic N) is 2. The molecule has 0 bridgehead atoms. The highest BCUT2D eigenvalue weighted by molar-refractivity contribution is 8.00. The van der Waals surface area contributed by atoms with Gasteiger partial charge in [-0.2, -0.15) is 16.7 Å². The van der Waals surface area contributed by atoms with E-state index in [0.717, 1.165) is 18.6 Å². The second-order valence-electron chi connectivity index (χ2n) is 3.80. The smallest absolute Gasteiger partial charge is 0.241 e. The van der Waals surface area contributed by atoms with Crippen LogP contribution in [0.3, 0.4) is 0 Å². The molecule has 0 spiro atoms. The third kappa shape index (κ3) is 2.63. The van der Waals surface area contributed by atoms with E-state index in [1.165, 1.54) is 20.4 Å². The number of hydrogen-bond donors (Lipinski definition) is 1. The Kier molecular flexibility index (Phi) is 4.06. The van der Waals surface area contributed by atoms with Gasteiger partial charge in [0.05, 0.1) is 20.4 Å². The second kappa shape index (κ2) is 5.55. The molecule has 0 radical (unpaired) electrons. The molecule has 1 saturated heterocycles. The molecule has 5 nitrogen and oxygen atoms in total. The summed E-state index contributed by atoms with van der Waals surface area (Å²) < 4.78 is 10.1. The van der Waals surface area contributed by atoms with E-state index in [1.807, 2.05) is 0 Å². The topological polar surface area (TPSA) is 64.5 Å². The summed E-state index contributed by atoms with van der Waals surface area (Å²) in [5.41, 5.74) is 0.493. The first-order chi connectivity index (χ1) is 8.26. The lowest BCUT2D eigenvalue weighted by molar-refractivity contribution is 0.162. The number of thioether (sulfide) groups is 1. The van der Waals surface area contributed by atoms with Gasteiger partial charge in [0.15, 0.2) is 0 Å². The standard InChI is InChI=1S/C11H16N2O3S/c1-15-8-6-12-9(11(13-8)16-2)10(14)7-4-3-5-17-7/h6-7,10,14H,3-5H2,1-2H3. The van der Waals surface area contributed by atoms with Gasteiger partial charge in [-0.3, -0.25) is 0 Å². The van der Waals surface area contributed by atoms with Gasteiger partial charge in [-0.1, -0.05) is 0 Å². The van der Waals surface area contributed by atoms with Crippen LogP contribution in [0.5, 0.6) is 11.8 Å². The quantitative estimate of drug-likeness (QED) is 0.879. The summed E-state index contributed by atoms with van der Waals surface area (Å²) in [6.07, 6.45) is 3.01. The Morgan fingerprint density at radius 1 is 1.47 bits per heavy atom. The third-order valence-electron chi connectivity index (χ3n) is 2.74. The number of ether oxygens (including phenoxy) is 2. The molecule has 1 aliphatic heterocycles. The lowest BCUT2D eigenvalue weighted by atomic mass is 10.1. The predicted molar refractivity (Wildman–Crippen MR) is 65.6 cm³/mol. The lowest BCUT2D eigenvalue weighted by Gasteiger charge is -2.18. The average molecular weight is 256 g/mol. The number of methoxy groups -OCH3 is 2. The van der Waals surface area contributed by atoms with Crippen molar-refractivity contribution in [1.82, 2.24) is 9.97 Å². The van der Waals surface area contributed by atoms with Crippen molar-refractivity contribution >= 4 is 11.8 Å². The van der Waals surface area contributed by atoms with E-state index < -0.39 is 6.10 Å². The fourth-order valence-electron chi connectivity index (χ4n) is 1.85. The molecule has 1 aromatic heterocycles. The first-order valence-corrected chi connectivity index (χ1v) is 6.55. The number of aliphatic hydroxyl groups is 1. The molecular weight excluding hydrogens is 240 g/mol. The third-order valence-corrected chi connectivity index (χ3v) is 4.19. The Balaban J connectivity index is 2.23. The van der Waals surface area contributed by atoms with E-state index in [9.17, 15) is 5.11 Å². The van der Waals surface area contributed by atoms with Gasteiger partial charge in [0, 0.05) is 5.25 Å². The Bertz CT molecular complexity index is 383. The van der Waals surface area contributed by atoms with Crippen LogP contribution < -0.4 is 9.47 Å². The van der Waals surface area contributed by atoms with E-state index in [1.54, 1.807) is 11.8 Å². The summed E-state index contributed by atoms with van der Waals surface area (Å²) in [6.45, 7) is 0. The molecule has 2 atom stereocenters. The summed E-state index contributed by atoms with van der Waals surface area (Å²) in [7, 11) is 3.04. The zero-order chi connectivity index (χ0) is 12.3. The molecule has 2 rings (SSSR count). The minimum Gasteiger partial charge on any atom is -0.480 e. The Morgan fingerprint density at radius 2 is 2.29 bits per heavy atom. The van der Waals surface area contributed by atoms with Crippen LogP contribution in [-0.2, 0) is 0 Å². The molecule has 0 aromatic carbocycles. The fourth-order valence-corrected chi connectivity index (χ4v) is 3.13. The molecule has 6 heteroatoms. The summed E-state index contributed by atoms with van der Waals surface area (Å²) in [5.74, 6) is 1.81. The van der Waals surface area contributed by atoms with Crippen LogP contribution in [0.2, 0.25) is 0 Å². The van der Waals surface area contributed by atoms with E-state index >= 15 is 0 Å². The van der Waals surface area contributed by atoms with Gasteiger partial charge in [-0.15, -0.1) is 0 Å². The fraction of sp³-hybridized carbons (Fsp3) is 0.636. The van der Waals surface area contributed by atoms with E-state index in [2.05, 4.69) is 9.97 Å². The van der Waals surface area contributed by atoms with Crippen LogP contribution in [0.1, 0.15) is 24.6 Å². The molecule has 1 aliphatic rings. The summed E-state index contributed by atoms with van der Waals surface area (Å²) in [6, 6.07) is 0. The highest BCUT2D eigenvalue weighted by Crippen LogP contribution is 2.37. The van der Waals surface area contributed by atoms with E-state index in [0.29, 0.717) is 17.5 Å². The van der Waals surface area contributed by atoms with Crippen molar-refractivity contribution in [3.8, 4) is 11.8 Å². The zero-order valence-corrected chi connectivity index (χ0v) is 10.7. The summed E-state index contributed by atoms with van der Waals surface area (Å²) >= 11 is 1.77. The van der Waals surface area contributed by atoms with Crippen LogP contribution in [-0.4, -0.2) is 40.3 Å². The van der Waals surface area contributed by atoms with Crippen molar-refractivity contribution in [1.29, 1.82) is 0 Å². The van der Waals surface area contributed by atoms with Crippen LogP contribution in [0.4, 0.5) is 0 Å². The average Bonchev–Trinajstić information content (AvgIpc) is 2.91. The number of hydrogen-bond acceptors (Lipinski definition) is 6. The van der Waals surface area contributed by atoms with Crippen molar-refractivity contribution in [3.63, 3.8) is 0 Å². The SMILES string of the molecule is COc1cnc(C(O)C2CCCS2)c(OC)n1. The van der Waals surface area contributed by atoms with Crippen LogP contribution in [0.15, 0.2) is 6.20 Å². The van der Waals surface area contributed by atoms with Gasteiger partial charge >= 0.3 is 0 Å². The van der Waals surface area contributed by atoms with Crippen molar-refractivity contribution < 1.29 is 14.6 Å². The molecule has 2 heterocycles. The van der Waals surface area contributed by atoms with E-state index in [-0.39, 0.29) is 5.25 Å². The van der Waals surface area contributed by atoms with Crippen LogP contribution >= 0.6 is 11.8 Å². The molecule has 2 unspecified atom stereocenters. The molecule has 17 heavy (non-hydrogen) atoms. The van der Waals surface area contributed by atoms with Gasteiger partial charge in [0.25, 0.3) is 0 Å². The second-order valence-corrected chi connectivity index (χ2v) is 5.15. The number of rotatable bonds is 4. The monoisotopic (exact) mass is 256 g/mol. The van der Waals surface area contributed by atoms with Gasteiger partial charge in [-0.25, -0.2) is 4.98 Å². The Morgan fingerprint density at radius 3 is 2.88 bits per heavy atom. The number of aliphatic hydroxyl groups excluding tert-OH is 1. The van der Waals surface area contributed by atoms with Crippen molar-refractivity contribution in [3.05, 3.63) is 11.9 Å². The highest BCUT2D eigenvalue weighted by Gasteiger charge is 2.29. The molecule has 0 aliphatic carbocycles. The minimum atomic E-state index is -0.629. The predicted octanol–water partition coefficient (Wildman–Crippen LogP) is 1.42. The van der Waals surface area contributed by atoms with E-state index in [4.69, 9.17) is 9.47 Å². The highest BCUT2D eigenvalue weighted by atomic mass is 32.2. The lowest BCUT2D eigenvalue weighted by Crippen LogP contribution is -2.15. The number of aromatic nitrogens is 2. The Hall–Kier alpha value is -1.01.